The van der Waals surface area contributed by atoms with Crippen molar-refractivity contribution in [1.82, 2.24) is 0 Å². The van der Waals surface area contributed by atoms with E-state index >= 15 is 0 Å². The van der Waals surface area contributed by atoms with Crippen molar-refractivity contribution in [2.75, 3.05) is 6.61 Å². The maximum atomic E-state index is 9.85. The van der Waals surface area contributed by atoms with E-state index in [1.807, 2.05) is 13.8 Å². The highest BCUT2D eigenvalue weighted by molar-refractivity contribution is 6.99. The third-order valence-corrected chi connectivity index (χ3v) is 11.9. The first-order valence-electron chi connectivity index (χ1n) is 11.4. The van der Waals surface area contributed by atoms with Crippen molar-refractivity contribution in [2.45, 2.75) is 76.6 Å². The second-order valence-electron chi connectivity index (χ2n) is 10.4. The van der Waals surface area contributed by atoms with Gasteiger partial charge in [0.15, 0.2) is 5.79 Å². The van der Waals surface area contributed by atoms with Gasteiger partial charge in [-0.1, -0.05) is 81.4 Å². The van der Waals surface area contributed by atoms with Gasteiger partial charge in [-0.05, 0) is 35.7 Å². The Hall–Kier alpha value is -1.50. The number of fused-ring (bicyclic) bond motifs is 1. The molecular weight excluding hydrogens is 404 g/mol. The van der Waals surface area contributed by atoms with Crippen LogP contribution in [0.2, 0.25) is 5.04 Å². The second kappa shape index (κ2) is 8.45. The van der Waals surface area contributed by atoms with Crippen LogP contribution in [0.1, 0.15) is 47.5 Å². The number of aliphatic hydroxyl groups is 1. The van der Waals surface area contributed by atoms with Gasteiger partial charge in [-0.2, -0.15) is 0 Å². The number of hydrogen-bond acceptors (Lipinski definition) is 4. The molecule has 0 radical (unpaired) electrons. The molecule has 168 valence electrons. The maximum absolute atomic E-state index is 9.85. The lowest BCUT2D eigenvalue weighted by Crippen LogP contribution is -2.68. The highest BCUT2D eigenvalue weighted by Gasteiger charge is 2.58. The summed E-state index contributed by atoms with van der Waals surface area (Å²) in [7, 11) is -2.66. The molecule has 4 atom stereocenters. The van der Waals surface area contributed by atoms with Gasteiger partial charge < -0.3 is 19.0 Å². The van der Waals surface area contributed by atoms with Crippen LogP contribution in [0.25, 0.3) is 0 Å². The SMILES string of the molecule is CC1(C)O[C@H]2[C@@H](CCO)[C@H](O[Si](c3ccccc3)(c3ccccc3)C(C)(C)C)C[C@H]2O1. The van der Waals surface area contributed by atoms with E-state index in [0.717, 1.165) is 6.42 Å². The summed E-state index contributed by atoms with van der Waals surface area (Å²) in [6, 6.07) is 21.4. The van der Waals surface area contributed by atoms with Gasteiger partial charge in [-0.3, -0.25) is 0 Å². The van der Waals surface area contributed by atoms with E-state index in [1.54, 1.807) is 0 Å². The molecule has 2 aromatic rings. The van der Waals surface area contributed by atoms with Crippen molar-refractivity contribution in [2.24, 2.45) is 5.92 Å². The lowest BCUT2D eigenvalue weighted by atomic mass is 10.00. The number of rotatable bonds is 6. The Morgan fingerprint density at radius 1 is 0.968 bits per heavy atom. The molecule has 4 rings (SSSR count). The molecule has 1 aliphatic heterocycles. The minimum Gasteiger partial charge on any atom is -0.404 e. The summed E-state index contributed by atoms with van der Waals surface area (Å²) in [5.41, 5.74) is 0. The molecule has 2 fully saturated rings. The van der Waals surface area contributed by atoms with Crippen LogP contribution in [0.15, 0.2) is 60.7 Å². The maximum Gasteiger partial charge on any atom is 0.261 e. The summed E-state index contributed by atoms with van der Waals surface area (Å²) in [6.45, 7) is 11.0. The molecule has 0 bridgehead atoms. The second-order valence-corrected chi connectivity index (χ2v) is 14.6. The molecule has 4 nitrogen and oxygen atoms in total. The number of benzene rings is 2. The van der Waals surface area contributed by atoms with Crippen LogP contribution in [0.5, 0.6) is 0 Å². The third kappa shape index (κ3) is 4.14. The van der Waals surface area contributed by atoms with Crippen molar-refractivity contribution >= 4 is 18.7 Å². The molecule has 1 heterocycles. The van der Waals surface area contributed by atoms with Crippen molar-refractivity contribution in [3.8, 4) is 0 Å². The smallest absolute Gasteiger partial charge is 0.261 e. The van der Waals surface area contributed by atoms with Gasteiger partial charge in [0.2, 0.25) is 0 Å². The monoisotopic (exact) mass is 440 g/mol. The van der Waals surface area contributed by atoms with Crippen molar-refractivity contribution < 1.29 is 19.0 Å². The van der Waals surface area contributed by atoms with E-state index in [4.69, 9.17) is 13.9 Å². The molecule has 1 N–H and O–H groups in total. The van der Waals surface area contributed by atoms with Crippen LogP contribution in [-0.2, 0) is 13.9 Å². The number of aliphatic hydroxyl groups excluding tert-OH is 1. The Kier molecular flexibility index (Phi) is 6.18. The first-order chi connectivity index (χ1) is 14.7. The van der Waals surface area contributed by atoms with Gasteiger partial charge >= 0.3 is 0 Å². The zero-order valence-corrected chi connectivity index (χ0v) is 20.4. The molecule has 1 saturated heterocycles. The summed E-state index contributed by atoms with van der Waals surface area (Å²) in [4.78, 5) is 0. The van der Waals surface area contributed by atoms with Crippen LogP contribution < -0.4 is 10.4 Å². The van der Waals surface area contributed by atoms with Crippen molar-refractivity contribution in [3.05, 3.63) is 60.7 Å². The van der Waals surface area contributed by atoms with Gasteiger partial charge in [-0.15, -0.1) is 0 Å². The summed E-state index contributed by atoms with van der Waals surface area (Å²) >= 11 is 0. The predicted molar refractivity (Wildman–Crippen MR) is 126 cm³/mol. The number of ether oxygens (including phenoxy) is 2. The minimum absolute atomic E-state index is 0.00904. The molecule has 0 aromatic heterocycles. The van der Waals surface area contributed by atoms with Gasteiger partial charge in [0.05, 0.1) is 18.3 Å². The van der Waals surface area contributed by atoms with Crippen LogP contribution in [0, 0.1) is 5.92 Å². The fourth-order valence-corrected chi connectivity index (χ4v) is 10.3. The molecule has 31 heavy (non-hydrogen) atoms. The Morgan fingerprint density at radius 3 is 2.00 bits per heavy atom. The summed E-state index contributed by atoms with van der Waals surface area (Å²) in [6.07, 6.45) is 1.40. The van der Waals surface area contributed by atoms with E-state index in [1.165, 1.54) is 10.4 Å². The fourth-order valence-electron chi connectivity index (χ4n) is 5.58. The van der Waals surface area contributed by atoms with Gasteiger partial charge in [-0.25, -0.2) is 0 Å². The molecule has 0 spiro atoms. The quantitative estimate of drug-likeness (QED) is 0.693. The summed E-state index contributed by atoms with van der Waals surface area (Å²) in [5.74, 6) is -0.468. The minimum atomic E-state index is -2.66. The van der Waals surface area contributed by atoms with Crippen LogP contribution >= 0.6 is 0 Å². The Balaban J connectivity index is 1.78. The van der Waals surface area contributed by atoms with E-state index in [2.05, 4.69) is 81.4 Å². The first-order valence-corrected chi connectivity index (χ1v) is 13.3. The summed E-state index contributed by atoms with van der Waals surface area (Å²) < 4.78 is 19.9. The zero-order valence-electron chi connectivity index (χ0n) is 19.4. The summed E-state index contributed by atoms with van der Waals surface area (Å²) in [5, 5.41) is 12.3. The highest BCUT2D eigenvalue weighted by atomic mass is 28.4. The van der Waals surface area contributed by atoms with Gasteiger partial charge in [0.1, 0.15) is 0 Å². The van der Waals surface area contributed by atoms with Crippen LogP contribution in [-0.4, -0.2) is 44.1 Å². The molecule has 2 aromatic carbocycles. The Labute approximate surface area is 187 Å². The Bertz CT molecular complexity index is 822. The molecule has 0 amide bonds. The lowest BCUT2D eigenvalue weighted by Gasteiger charge is -2.46. The van der Waals surface area contributed by atoms with Gasteiger partial charge in [0, 0.05) is 18.9 Å². The molecule has 0 unspecified atom stereocenters. The molecule has 1 saturated carbocycles. The fraction of sp³-hybridized carbons (Fsp3) is 0.538. The van der Waals surface area contributed by atoms with Crippen LogP contribution in [0.3, 0.4) is 0 Å². The van der Waals surface area contributed by atoms with E-state index in [-0.39, 0.29) is 35.9 Å². The van der Waals surface area contributed by atoms with E-state index < -0.39 is 14.1 Å². The molecule has 1 aliphatic carbocycles. The standard InChI is InChI=1S/C26H36O4Si/c1-25(2,3)31(19-12-8-6-9-13-19,20-14-10-7-11-15-20)30-22-18-23-24(21(22)16-17-27)29-26(4,5)28-23/h6-15,21-24,27H,16-18H2,1-5H3/t21-,22+,23+,24-/m0/s1. The average molecular weight is 441 g/mol. The highest BCUT2D eigenvalue weighted by Crippen LogP contribution is 2.47. The number of hydrogen-bond donors (Lipinski definition) is 1. The zero-order chi connectivity index (χ0) is 22.3. The Morgan fingerprint density at radius 2 is 1.52 bits per heavy atom. The average Bonchev–Trinajstić information content (AvgIpc) is 3.18. The first kappa shape index (κ1) is 22.7. The lowest BCUT2D eigenvalue weighted by molar-refractivity contribution is -0.164. The predicted octanol–water partition coefficient (Wildman–Crippen LogP) is 3.85. The van der Waals surface area contributed by atoms with E-state index in [0.29, 0.717) is 6.42 Å². The van der Waals surface area contributed by atoms with Crippen LogP contribution in [0.4, 0.5) is 0 Å². The molecule has 5 heteroatoms. The van der Waals surface area contributed by atoms with Crippen molar-refractivity contribution in [1.29, 1.82) is 0 Å². The largest absolute Gasteiger partial charge is 0.404 e. The normalized spacial score (nSPS) is 27.9. The molecule has 2 aliphatic rings. The van der Waals surface area contributed by atoms with E-state index in [9.17, 15) is 5.11 Å². The van der Waals surface area contributed by atoms with Gasteiger partial charge in [0.25, 0.3) is 8.32 Å². The molecular formula is C26H36O4Si. The van der Waals surface area contributed by atoms with Crippen molar-refractivity contribution in [3.63, 3.8) is 0 Å². The third-order valence-electron chi connectivity index (χ3n) is 6.79. The topological polar surface area (TPSA) is 47.9 Å².